The summed E-state index contributed by atoms with van der Waals surface area (Å²) in [5.41, 5.74) is 24.6. The molecule has 0 bridgehead atoms. The second kappa shape index (κ2) is 13.2. The molecule has 15 rings (SSSR count). The lowest BCUT2D eigenvalue weighted by Crippen LogP contribution is -2.33. The minimum Gasteiger partial charge on any atom is -0.310 e. The summed E-state index contributed by atoms with van der Waals surface area (Å²) in [6.07, 6.45) is 4.00. The Balaban J connectivity index is 0.974. The van der Waals surface area contributed by atoms with Gasteiger partial charge in [-0.15, -0.1) is 0 Å². The van der Waals surface area contributed by atoms with Crippen molar-refractivity contribution in [1.82, 2.24) is 9.97 Å². The van der Waals surface area contributed by atoms with Crippen molar-refractivity contribution in [3.63, 3.8) is 0 Å². The molecular weight excluding hydrogens is 831 g/mol. The van der Waals surface area contributed by atoms with Crippen LogP contribution in [-0.4, -0.2) is 9.97 Å². The number of benzene rings is 8. The van der Waals surface area contributed by atoms with Crippen LogP contribution in [0.2, 0.25) is 0 Å². The molecule has 2 spiro atoms. The van der Waals surface area contributed by atoms with Crippen molar-refractivity contribution in [2.45, 2.75) is 39.9 Å². The first kappa shape index (κ1) is 37.4. The first-order valence-corrected chi connectivity index (χ1v) is 24.1. The van der Waals surface area contributed by atoms with Gasteiger partial charge in [0.1, 0.15) is 0 Å². The third-order valence-corrected chi connectivity index (χ3v) is 16.9. The molecular formula is C63H41N3S. The monoisotopic (exact) mass is 871 g/mol. The molecule has 0 radical (unpaired) electrons. The molecule has 0 saturated carbocycles. The largest absolute Gasteiger partial charge is 0.310 e. The van der Waals surface area contributed by atoms with Gasteiger partial charge in [-0.05, 0) is 132 Å². The van der Waals surface area contributed by atoms with E-state index >= 15 is 0 Å². The summed E-state index contributed by atoms with van der Waals surface area (Å²) >= 11 is 1.90. The highest BCUT2D eigenvalue weighted by atomic mass is 32.2. The Morgan fingerprint density at radius 1 is 0.373 bits per heavy atom. The summed E-state index contributed by atoms with van der Waals surface area (Å²) in [5, 5.41) is 0. The number of aromatic nitrogens is 2. The van der Waals surface area contributed by atoms with Crippen molar-refractivity contribution < 1.29 is 0 Å². The van der Waals surface area contributed by atoms with E-state index in [4.69, 9.17) is 9.97 Å². The van der Waals surface area contributed by atoms with Gasteiger partial charge in [0.25, 0.3) is 0 Å². The van der Waals surface area contributed by atoms with Crippen LogP contribution in [0.1, 0.15) is 69.5 Å². The minimum atomic E-state index is -0.668. The number of para-hydroxylation sites is 2. The number of hydrogen-bond donors (Lipinski definition) is 0. The van der Waals surface area contributed by atoms with Crippen molar-refractivity contribution >= 4 is 28.8 Å². The summed E-state index contributed by atoms with van der Waals surface area (Å²) in [6.45, 7) is 4.69. The minimum absolute atomic E-state index is 0.137. The maximum absolute atomic E-state index is 5.44. The van der Waals surface area contributed by atoms with Gasteiger partial charge in [0.2, 0.25) is 0 Å². The van der Waals surface area contributed by atoms with E-state index in [1.165, 1.54) is 99.1 Å². The number of hydrogen-bond acceptors (Lipinski definition) is 4. The molecule has 1 atom stereocenters. The zero-order chi connectivity index (χ0) is 44.2. The van der Waals surface area contributed by atoms with Crippen LogP contribution in [0.25, 0.3) is 44.8 Å². The number of anilines is 3. The van der Waals surface area contributed by atoms with Gasteiger partial charge in [-0.25, -0.2) is 0 Å². The topological polar surface area (TPSA) is 29.0 Å². The predicted octanol–water partition coefficient (Wildman–Crippen LogP) is 15.4. The Labute approximate surface area is 394 Å². The number of rotatable bonds is 2. The molecule has 314 valence electrons. The van der Waals surface area contributed by atoms with E-state index in [0.717, 1.165) is 28.2 Å². The molecule has 5 aliphatic rings. The van der Waals surface area contributed by atoms with E-state index < -0.39 is 10.8 Å². The summed E-state index contributed by atoms with van der Waals surface area (Å²) in [4.78, 5) is 15.6. The van der Waals surface area contributed by atoms with Gasteiger partial charge in [0, 0.05) is 44.4 Å². The van der Waals surface area contributed by atoms with E-state index in [1.807, 2.05) is 18.0 Å². The molecule has 0 N–H and O–H groups in total. The van der Waals surface area contributed by atoms with Crippen molar-refractivity contribution in [2.75, 3.05) is 4.90 Å². The second-order valence-electron chi connectivity index (χ2n) is 19.2. The first-order valence-electron chi connectivity index (χ1n) is 23.3. The Morgan fingerprint density at radius 2 is 0.925 bits per heavy atom. The molecule has 2 aliphatic heterocycles. The molecule has 0 fully saturated rings. The van der Waals surface area contributed by atoms with Crippen LogP contribution < -0.4 is 4.90 Å². The molecule has 4 heterocycles. The molecule has 1 unspecified atom stereocenters. The molecule has 67 heavy (non-hydrogen) atoms. The maximum Gasteiger partial charge on any atom is 0.0937 e. The average Bonchev–Trinajstić information content (AvgIpc) is 3.96. The fraction of sp³-hybridized carbons (Fsp3) is 0.0794. The molecule has 2 aromatic heterocycles. The van der Waals surface area contributed by atoms with E-state index in [0.29, 0.717) is 0 Å². The van der Waals surface area contributed by atoms with Crippen LogP contribution in [0.3, 0.4) is 0 Å². The van der Waals surface area contributed by atoms with Gasteiger partial charge in [-0.2, -0.15) is 0 Å². The lowest BCUT2D eigenvalue weighted by Gasteiger charge is -2.42. The quantitative estimate of drug-likeness (QED) is 0.173. The van der Waals surface area contributed by atoms with Crippen molar-refractivity contribution in [3.8, 4) is 44.8 Å². The number of pyridine rings is 2. The molecule has 3 aliphatic carbocycles. The highest BCUT2D eigenvalue weighted by Gasteiger charge is 2.56. The van der Waals surface area contributed by atoms with Crippen LogP contribution in [0.5, 0.6) is 0 Å². The lowest BCUT2D eigenvalue weighted by molar-refractivity contribution is 0.632. The molecule has 8 aromatic carbocycles. The van der Waals surface area contributed by atoms with Crippen LogP contribution >= 0.6 is 11.8 Å². The SMILES string of the molecule is CC1(C)c2ccccc2N(c2cccc(-c3cnc4c(c3)C3(c5ccccc5Sc5cc6c(cc53)-c3ccccc3C63c5ccccc5-c5ccccc53)c3cccnc3-4)c2)c2ccccc21. The van der Waals surface area contributed by atoms with Crippen LogP contribution in [-0.2, 0) is 16.2 Å². The lowest BCUT2D eigenvalue weighted by atomic mass is 9.66. The highest BCUT2D eigenvalue weighted by Crippen LogP contribution is 2.67. The van der Waals surface area contributed by atoms with Gasteiger partial charge in [-0.1, -0.05) is 171 Å². The van der Waals surface area contributed by atoms with Gasteiger partial charge in [-0.3, -0.25) is 9.97 Å². The Kier molecular flexibility index (Phi) is 7.37. The van der Waals surface area contributed by atoms with Crippen LogP contribution in [0.15, 0.2) is 222 Å². The molecule has 10 aromatic rings. The Hall–Kier alpha value is -7.79. The van der Waals surface area contributed by atoms with Crippen LogP contribution in [0, 0.1) is 0 Å². The van der Waals surface area contributed by atoms with E-state index in [9.17, 15) is 0 Å². The van der Waals surface area contributed by atoms with E-state index in [2.05, 4.69) is 225 Å². The standard InChI is InChI=1S/C63H41N3S/c1-61(2)48-25-9-12-29-55(48)66(56-30-13-10-26-49(56)61)40-18-15-17-38(33-40)39-34-54-60(65-37-39)59-51(28-16-32-64-59)63(54)50-27-11-14-31-57(50)67-58-36-52-44(35-53(58)63)43-21-5-8-24-47(43)62(52)45-22-6-3-19-41(45)42-20-4-7-23-46(42)62/h3-37H,1-2H3. The Bertz CT molecular complexity index is 3710. The number of fused-ring (bicyclic) bond motifs is 21. The van der Waals surface area contributed by atoms with Crippen molar-refractivity contribution in [2.24, 2.45) is 0 Å². The third-order valence-electron chi connectivity index (χ3n) is 15.8. The average molecular weight is 872 g/mol. The van der Waals surface area contributed by atoms with Gasteiger partial charge in [0.05, 0.1) is 33.6 Å². The molecule has 3 nitrogen and oxygen atoms in total. The van der Waals surface area contributed by atoms with Gasteiger partial charge < -0.3 is 4.90 Å². The van der Waals surface area contributed by atoms with Gasteiger partial charge in [0.15, 0.2) is 0 Å². The van der Waals surface area contributed by atoms with E-state index in [1.54, 1.807) is 0 Å². The molecule has 0 amide bonds. The Morgan fingerprint density at radius 3 is 1.61 bits per heavy atom. The van der Waals surface area contributed by atoms with E-state index in [-0.39, 0.29) is 5.41 Å². The molecule has 4 heteroatoms. The molecule has 0 saturated heterocycles. The van der Waals surface area contributed by atoms with Gasteiger partial charge >= 0.3 is 0 Å². The summed E-state index contributed by atoms with van der Waals surface area (Å²) in [7, 11) is 0. The first-order chi connectivity index (χ1) is 33.0. The highest BCUT2D eigenvalue weighted by molar-refractivity contribution is 7.99. The maximum atomic E-state index is 5.44. The smallest absolute Gasteiger partial charge is 0.0937 e. The summed E-state index contributed by atoms with van der Waals surface area (Å²) < 4.78 is 0. The number of nitrogens with zero attached hydrogens (tertiary/aromatic N) is 3. The zero-order valence-corrected chi connectivity index (χ0v) is 37.8. The normalized spacial score (nSPS) is 17.3. The van der Waals surface area contributed by atoms with Crippen LogP contribution in [0.4, 0.5) is 17.1 Å². The zero-order valence-electron chi connectivity index (χ0n) is 37.0. The fourth-order valence-corrected chi connectivity index (χ4v) is 14.3. The second-order valence-corrected chi connectivity index (χ2v) is 20.3. The van der Waals surface area contributed by atoms with Crippen molar-refractivity contribution in [1.29, 1.82) is 0 Å². The predicted molar refractivity (Wildman–Crippen MR) is 272 cm³/mol. The van der Waals surface area contributed by atoms with Crippen molar-refractivity contribution in [3.05, 3.63) is 268 Å². The summed E-state index contributed by atoms with van der Waals surface area (Å²) in [5.74, 6) is 0. The fourth-order valence-electron chi connectivity index (χ4n) is 13.1. The third kappa shape index (κ3) is 4.59. The summed E-state index contributed by atoms with van der Waals surface area (Å²) in [6, 6.07) is 75.2.